The fourth-order valence-corrected chi connectivity index (χ4v) is 2.48. The maximum Gasteiger partial charge on any atom is 0.464 e. The van der Waals surface area contributed by atoms with Crippen molar-refractivity contribution in [1.29, 1.82) is 0 Å². The van der Waals surface area contributed by atoms with Gasteiger partial charge >= 0.3 is 11.8 Å². The van der Waals surface area contributed by atoms with Crippen molar-refractivity contribution in [3.63, 3.8) is 0 Å². The lowest BCUT2D eigenvalue weighted by molar-refractivity contribution is 0.540. The van der Waals surface area contributed by atoms with Gasteiger partial charge in [0.2, 0.25) is 0 Å². The topological polar surface area (TPSA) is 37.1 Å². The van der Waals surface area contributed by atoms with Gasteiger partial charge in [-0.25, -0.2) is 0 Å². The maximum absolute atomic E-state index is 5.99. The van der Waals surface area contributed by atoms with Gasteiger partial charge in [0.1, 0.15) is 11.1 Å². The molecule has 24 heavy (non-hydrogen) atoms. The van der Waals surface area contributed by atoms with Crippen LogP contribution in [0, 0.1) is 0 Å². The van der Waals surface area contributed by atoms with Crippen molar-refractivity contribution in [2.45, 2.75) is 0 Å². The van der Waals surface area contributed by atoms with Gasteiger partial charge in [0.05, 0.1) is 0 Å². The van der Waals surface area contributed by atoms with Crippen LogP contribution in [-0.4, -0.2) is 9.97 Å². The normalized spacial score (nSPS) is 10.5. The average Bonchev–Trinajstić information content (AvgIpc) is 2.70. The first-order valence-electron chi connectivity index (χ1n) is 7.78. The van der Waals surface area contributed by atoms with Crippen LogP contribution in [0.4, 0.5) is 0 Å². The van der Waals surface area contributed by atoms with E-state index in [9.17, 15) is 0 Å². The molecule has 0 N–H and O–H groups in total. The molecular formula is C21H15N2O+. The molecule has 0 aliphatic heterocycles. The van der Waals surface area contributed by atoms with Crippen LogP contribution in [0.5, 0.6) is 0 Å². The SMILES string of the molecule is c1ccc(-c2nc(-c3ccccc3)[o+]c(-c3ccccc3)n2)cc1. The predicted molar refractivity (Wildman–Crippen MR) is 95.0 cm³/mol. The first kappa shape index (κ1) is 14.3. The van der Waals surface area contributed by atoms with E-state index in [1.807, 2.05) is 91.0 Å². The molecule has 4 aromatic rings. The second-order valence-electron chi connectivity index (χ2n) is 5.36. The molecule has 1 heterocycles. The summed E-state index contributed by atoms with van der Waals surface area (Å²) in [5.74, 6) is 1.77. The lowest BCUT2D eigenvalue weighted by Gasteiger charge is -1.99. The fraction of sp³-hybridized carbons (Fsp3) is 0. The summed E-state index contributed by atoms with van der Waals surface area (Å²) >= 11 is 0. The van der Waals surface area contributed by atoms with E-state index in [1.165, 1.54) is 0 Å². The average molecular weight is 311 g/mol. The lowest BCUT2D eigenvalue weighted by Crippen LogP contribution is -1.95. The molecule has 3 aromatic carbocycles. The molecule has 4 rings (SSSR count). The van der Waals surface area contributed by atoms with Gasteiger partial charge < -0.3 is 0 Å². The van der Waals surface area contributed by atoms with Crippen LogP contribution in [0.1, 0.15) is 0 Å². The standard InChI is InChI=1S/C21H15N2O/c1-4-10-16(11-5-1)19-22-20(17-12-6-2-7-13-17)24-21(23-19)18-14-8-3-9-15-18/h1-15H/q+1. The summed E-state index contributed by atoms with van der Waals surface area (Å²) in [5, 5.41) is 0. The minimum atomic E-state index is 0.559. The van der Waals surface area contributed by atoms with Gasteiger partial charge in [0, 0.05) is 5.56 Å². The van der Waals surface area contributed by atoms with E-state index in [0.29, 0.717) is 17.6 Å². The van der Waals surface area contributed by atoms with Crippen molar-refractivity contribution in [1.82, 2.24) is 9.97 Å². The molecule has 1 aromatic heterocycles. The Labute approximate surface area is 140 Å². The van der Waals surface area contributed by atoms with Crippen LogP contribution >= 0.6 is 0 Å². The molecule has 0 atom stereocenters. The van der Waals surface area contributed by atoms with E-state index in [-0.39, 0.29) is 0 Å². The van der Waals surface area contributed by atoms with E-state index in [4.69, 9.17) is 4.42 Å². The zero-order valence-electron chi connectivity index (χ0n) is 13.0. The Morgan fingerprint density at radius 1 is 0.458 bits per heavy atom. The van der Waals surface area contributed by atoms with E-state index in [2.05, 4.69) is 9.97 Å². The third-order valence-corrected chi connectivity index (χ3v) is 3.68. The van der Waals surface area contributed by atoms with Crippen LogP contribution in [-0.2, 0) is 0 Å². The van der Waals surface area contributed by atoms with Crippen molar-refractivity contribution < 1.29 is 4.42 Å². The summed E-state index contributed by atoms with van der Waals surface area (Å²) in [4.78, 5) is 9.24. The Kier molecular flexibility index (Phi) is 3.82. The Bertz CT molecular complexity index is 800. The zero-order valence-corrected chi connectivity index (χ0v) is 13.0. The first-order chi connectivity index (χ1) is 11.9. The van der Waals surface area contributed by atoms with E-state index < -0.39 is 0 Å². The van der Waals surface area contributed by atoms with E-state index in [0.717, 1.165) is 16.7 Å². The monoisotopic (exact) mass is 311 g/mol. The Balaban J connectivity index is 1.92. The number of nitrogens with zero attached hydrogens (tertiary/aromatic N) is 2. The Morgan fingerprint density at radius 3 is 1.25 bits per heavy atom. The number of hydrogen-bond donors (Lipinski definition) is 0. The molecule has 3 heteroatoms. The second-order valence-corrected chi connectivity index (χ2v) is 5.36. The highest BCUT2D eigenvalue weighted by molar-refractivity contribution is 5.63. The molecular weight excluding hydrogens is 296 g/mol. The molecule has 114 valence electrons. The third-order valence-electron chi connectivity index (χ3n) is 3.68. The van der Waals surface area contributed by atoms with Crippen LogP contribution in [0.2, 0.25) is 0 Å². The molecule has 3 nitrogen and oxygen atoms in total. The number of rotatable bonds is 3. The molecule has 0 bridgehead atoms. The first-order valence-corrected chi connectivity index (χ1v) is 7.78. The molecule has 0 radical (unpaired) electrons. The summed E-state index contributed by atoms with van der Waals surface area (Å²) < 4.78 is 5.99. The van der Waals surface area contributed by atoms with Crippen LogP contribution in [0.3, 0.4) is 0 Å². The molecule has 0 saturated carbocycles. The molecule has 0 amide bonds. The van der Waals surface area contributed by atoms with Crippen LogP contribution in [0.25, 0.3) is 34.3 Å². The molecule has 0 saturated heterocycles. The minimum absolute atomic E-state index is 0.559. The van der Waals surface area contributed by atoms with Crippen molar-refractivity contribution in [3.8, 4) is 34.3 Å². The summed E-state index contributed by atoms with van der Waals surface area (Å²) in [7, 11) is 0. The van der Waals surface area contributed by atoms with Gasteiger partial charge in [-0.3, -0.25) is 0 Å². The van der Waals surface area contributed by atoms with Gasteiger partial charge in [0.25, 0.3) is 0 Å². The van der Waals surface area contributed by atoms with Gasteiger partial charge in [-0.05, 0) is 24.3 Å². The number of benzene rings is 3. The molecule has 0 spiro atoms. The van der Waals surface area contributed by atoms with Crippen molar-refractivity contribution in [3.05, 3.63) is 91.0 Å². The van der Waals surface area contributed by atoms with Crippen LogP contribution < -0.4 is 0 Å². The molecule has 0 fully saturated rings. The molecule has 0 aliphatic carbocycles. The van der Waals surface area contributed by atoms with Gasteiger partial charge in [-0.1, -0.05) is 66.7 Å². The van der Waals surface area contributed by atoms with Crippen molar-refractivity contribution in [2.75, 3.05) is 0 Å². The van der Waals surface area contributed by atoms with E-state index >= 15 is 0 Å². The summed E-state index contributed by atoms with van der Waals surface area (Å²) in [6, 6.07) is 29.7. The smallest absolute Gasteiger partial charge is 0.166 e. The summed E-state index contributed by atoms with van der Waals surface area (Å²) in [6.45, 7) is 0. The Hall–Kier alpha value is -3.33. The number of hydrogen-bond acceptors (Lipinski definition) is 2. The molecule has 0 aliphatic rings. The highest BCUT2D eigenvalue weighted by atomic mass is 16.4. The second kappa shape index (κ2) is 6.42. The quantitative estimate of drug-likeness (QED) is 0.478. The van der Waals surface area contributed by atoms with Crippen molar-refractivity contribution >= 4 is 0 Å². The Morgan fingerprint density at radius 2 is 0.833 bits per heavy atom. The minimum Gasteiger partial charge on any atom is -0.166 e. The predicted octanol–water partition coefficient (Wildman–Crippen LogP) is 5.35. The molecule has 0 unspecified atom stereocenters. The summed E-state index contributed by atoms with van der Waals surface area (Å²) in [6.07, 6.45) is 0. The summed E-state index contributed by atoms with van der Waals surface area (Å²) in [5.41, 5.74) is 2.81. The highest BCUT2D eigenvalue weighted by Crippen LogP contribution is 2.27. The lowest BCUT2D eigenvalue weighted by atomic mass is 10.2. The fourth-order valence-electron chi connectivity index (χ4n) is 2.48. The van der Waals surface area contributed by atoms with Crippen molar-refractivity contribution in [2.24, 2.45) is 0 Å². The van der Waals surface area contributed by atoms with Gasteiger partial charge in [-0.15, -0.1) is 9.97 Å². The van der Waals surface area contributed by atoms with Gasteiger partial charge in [0.15, 0.2) is 5.82 Å². The largest absolute Gasteiger partial charge is 0.464 e. The third kappa shape index (κ3) is 2.92. The number of aromatic nitrogens is 2. The van der Waals surface area contributed by atoms with Crippen LogP contribution in [0.15, 0.2) is 95.4 Å². The maximum atomic E-state index is 5.99. The van der Waals surface area contributed by atoms with E-state index in [1.54, 1.807) is 0 Å². The highest BCUT2D eigenvalue weighted by Gasteiger charge is 2.23. The van der Waals surface area contributed by atoms with Gasteiger partial charge in [-0.2, -0.15) is 4.42 Å². The zero-order chi connectivity index (χ0) is 16.2.